The van der Waals surface area contributed by atoms with Crippen LogP contribution in [-0.2, 0) is 14.3 Å². The number of hydrogen-bond donors (Lipinski definition) is 0. The van der Waals surface area contributed by atoms with Crippen molar-refractivity contribution in [2.45, 2.75) is 39.9 Å². The van der Waals surface area contributed by atoms with E-state index in [2.05, 4.69) is 9.97 Å². The lowest BCUT2D eigenvalue weighted by molar-refractivity contribution is -0.145. The van der Waals surface area contributed by atoms with Crippen LogP contribution < -0.4 is 4.74 Å². The third kappa shape index (κ3) is 4.19. The first-order valence-electron chi connectivity index (χ1n) is 8.88. The van der Waals surface area contributed by atoms with Gasteiger partial charge in [0.2, 0.25) is 5.88 Å². The Balaban J connectivity index is 1.77. The van der Waals surface area contributed by atoms with Gasteiger partial charge in [0.25, 0.3) is 5.91 Å². The quantitative estimate of drug-likeness (QED) is 0.719. The molecule has 1 aliphatic rings. The standard InChI is InChI=1S/C18H23N3O5S/c1-5-24-18(23)15-12(4)14-16(19-9-20-17(14)27-15)25-8-13(22)21-6-10(2)26-11(3)7-21/h9-11H,5-8H2,1-4H3. The molecule has 9 heteroatoms. The molecule has 1 fully saturated rings. The van der Waals surface area contributed by atoms with Gasteiger partial charge in [-0.1, -0.05) is 0 Å². The van der Waals surface area contributed by atoms with Gasteiger partial charge < -0.3 is 19.1 Å². The topological polar surface area (TPSA) is 90.8 Å². The van der Waals surface area contributed by atoms with Crippen molar-refractivity contribution in [2.75, 3.05) is 26.3 Å². The molecule has 0 spiro atoms. The summed E-state index contributed by atoms with van der Waals surface area (Å²) in [7, 11) is 0. The SMILES string of the molecule is CCOC(=O)c1sc2ncnc(OCC(=O)N3CC(C)OC(C)C3)c2c1C. The van der Waals surface area contributed by atoms with Crippen LogP contribution in [0.15, 0.2) is 6.33 Å². The molecule has 1 amide bonds. The number of hydrogen-bond acceptors (Lipinski definition) is 8. The smallest absolute Gasteiger partial charge is 0.348 e. The van der Waals surface area contributed by atoms with Crippen molar-refractivity contribution in [1.82, 2.24) is 14.9 Å². The van der Waals surface area contributed by atoms with Crippen LogP contribution in [0.5, 0.6) is 5.88 Å². The molecule has 3 rings (SSSR count). The zero-order valence-corrected chi connectivity index (χ0v) is 16.7. The molecule has 8 nitrogen and oxygen atoms in total. The van der Waals surface area contributed by atoms with Crippen LogP contribution in [0.25, 0.3) is 10.2 Å². The largest absolute Gasteiger partial charge is 0.467 e. The van der Waals surface area contributed by atoms with Gasteiger partial charge in [-0.25, -0.2) is 14.8 Å². The maximum Gasteiger partial charge on any atom is 0.348 e. The number of aryl methyl sites for hydroxylation is 1. The highest BCUT2D eigenvalue weighted by molar-refractivity contribution is 7.20. The summed E-state index contributed by atoms with van der Waals surface area (Å²) in [4.78, 5) is 35.8. The fourth-order valence-electron chi connectivity index (χ4n) is 3.14. The number of rotatable bonds is 5. The van der Waals surface area contributed by atoms with E-state index in [1.807, 2.05) is 13.8 Å². The van der Waals surface area contributed by atoms with Crippen molar-refractivity contribution in [3.05, 3.63) is 16.8 Å². The predicted octanol–water partition coefficient (Wildman–Crippen LogP) is 2.19. The number of thiophene rings is 1. The van der Waals surface area contributed by atoms with E-state index >= 15 is 0 Å². The number of morpholine rings is 1. The maximum absolute atomic E-state index is 12.5. The number of carbonyl (C=O) groups is 2. The summed E-state index contributed by atoms with van der Waals surface area (Å²) in [5, 5.41) is 0.641. The molecule has 27 heavy (non-hydrogen) atoms. The Kier molecular flexibility index (Phi) is 5.91. The van der Waals surface area contributed by atoms with Crippen LogP contribution in [0.4, 0.5) is 0 Å². The summed E-state index contributed by atoms with van der Waals surface area (Å²) in [6.07, 6.45) is 1.36. The van der Waals surface area contributed by atoms with Crippen LogP contribution >= 0.6 is 11.3 Å². The number of amides is 1. The van der Waals surface area contributed by atoms with Gasteiger partial charge in [0, 0.05) is 13.1 Å². The van der Waals surface area contributed by atoms with Gasteiger partial charge in [-0.3, -0.25) is 4.79 Å². The summed E-state index contributed by atoms with van der Waals surface area (Å²) >= 11 is 1.23. The maximum atomic E-state index is 12.5. The van der Waals surface area contributed by atoms with Crippen molar-refractivity contribution < 1.29 is 23.8 Å². The number of ether oxygens (including phenoxy) is 3. The molecule has 2 aromatic rings. The minimum atomic E-state index is -0.392. The van der Waals surface area contributed by atoms with E-state index in [0.717, 1.165) is 0 Å². The van der Waals surface area contributed by atoms with E-state index in [-0.39, 0.29) is 24.7 Å². The average Bonchev–Trinajstić information content (AvgIpc) is 2.96. The highest BCUT2D eigenvalue weighted by Crippen LogP contribution is 2.34. The second-order valence-corrected chi connectivity index (χ2v) is 7.48. The van der Waals surface area contributed by atoms with E-state index in [4.69, 9.17) is 14.2 Å². The van der Waals surface area contributed by atoms with Gasteiger partial charge in [-0.2, -0.15) is 0 Å². The van der Waals surface area contributed by atoms with Crippen molar-refractivity contribution in [1.29, 1.82) is 0 Å². The summed E-state index contributed by atoms with van der Waals surface area (Å²) in [5.74, 6) is -0.217. The van der Waals surface area contributed by atoms with Gasteiger partial charge in [0.1, 0.15) is 16.0 Å². The zero-order chi connectivity index (χ0) is 19.6. The van der Waals surface area contributed by atoms with Gasteiger partial charge in [0.15, 0.2) is 6.61 Å². The van der Waals surface area contributed by atoms with Crippen molar-refractivity contribution in [2.24, 2.45) is 0 Å². The number of esters is 1. The normalized spacial score (nSPS) is 19.9. The van der Waals surface area contributed by atoms with Crippen LogP contribution in [0.2, 0.25) is 0 Å². The van der Waals surface area contributed by atoms with Crippen molar-refractivity contribution in [3.8, 4) is 5.88 Å². The Labute approximate surface area is 161 Å². The third-order valence-corrected chi connectivity index (χ3v) is 5.44. The van der Waals surface area contributed by atoms with Crippen LogP contribution in [-0.4, -0.2) is 65.3 Å². The molecule has 0 aliphatic carbocycles. The Hall–Kier alpha value is -2.26. The lowest BCUT2D eigenvalue weighted by Gasteiger charge is -2.35. The first-order chi connectivity index (χ1) is 12.9. The Morgan fingerprint density at radius 3 is 2.67 bits per heavy atom. The molecule has 2 unspecified atom stereocenters. The summed E-state index contributed by atoms with van der Waals surface area (Å²) in [6.45, 7) is 8.68. The Bertz CT molecular complexity index is 843. The zero-order valence-electron chi connectivity index (χ0n) is 15.9. The van der Waals surface area contributed by atoms with Gasteiger partial charge in [-0.05, 0) is 33.3 Å². The number of aromatic nitrogens is 2. The molecule has 146 valence electrons. The predicted molar refractivity (Wildman–Crippen MR) is 100 cm³/mol. The number of fused-ring (bicyclic) bond motifs is 1. The van der Waals surface area contributed by atoms with Crippen LogP contribution in [0, 0.1) is 6.92 Å². The van der Waals surface area contributed by atoms with E-state index in [1.165, 1.54) is 17.7 Å². The first-order valence-corrected chi connectivity index (χ1v) is 9.69. The molecule has 2 atom stereocenters. The summed E-state index contributed by atoms with van der Waals surface area (Å²) in [6, 6.07) is 0. The Morgan fingerprint density at radius 1 is 1.30 bits per heavy atom. The highest BCUT2D eigenvalue weighted by atomic mass is 32.1. The molecular weight excluding hydrogens is 370 g/mol. The second-order valence-electron chi connectivity index (χ2n) is 6.48. The molecule has 0 saturated carbocycles. The van der Waals surface area contributed by atoms with E-state index in [9.17, 15) is 9.59 Å². The molecule has 2 aromatic heterocycles. The molecule has 3 heterocycles. The van der Waals surface area contributed by atoms with Gasteiger partial charge in [0.05, 0.1) is 24.2 Å². The number of nitrogens with zero attached hydrogens (tertiary/aromatic N) is 3. The van der Waals surface area contributed by atoms with Crippen LogP contribution in [0.3, 0.4) is 0 Å². The molecule has 0 aromatic carbocycles. The van der Waals surface area contributed by atoms with Gasteiger partial charge >= 0.3 is 5.97 Å². The molecule has 1 saturated heterocycles. The first kappa shape index (κ1) is 19.5. The average molecular weight is 393 g/mol. The number of carbonyl (C=O) groups excluding carboxylic acids is 2. The Morgan fingerprint density at radius 2 is 2.00 bits per heavy atom. The van der Waals surface area contributed by atoms with E-state index < -0.39 is 5.97 Å². The fourth-order valence-corrected chi connectivity index (χ4v) is 4.18. The van der Waals surface area contributed by atoms with Crippen molar-refractivity contribution >= 4 is 33.4 Å². The third-order valence-electron chi connectivity index (χ3n) is 4.26. The minimum Gasteiger partial charge on any atom is -0.467 e. The minimum absolute atomic E-state index is 0.00490. The lowest BCUT2D eigenvalue weighted by atomic mass is 10.2. The van der Waals surface area contributed by atoms with Crippen LogP contribution in [0.1, 0.15) is 36.0 Å². The molecule has 1 aliphatic heterocycles. The second kappa shape index (κ2) is 8.18. The highest BCUT2D eigenvalue weighted by Gasteiger charge is 2.27. The summed E-state index contributed by atoms with van der Waals surface area (Å²) in [5.41, 5.74) is 0.699. The summed E-state index contributed by atoms with van der Waals surface area (Å²) < 4.78 is 16.4. The molecule has 0 N–H and O–H groups in total. The molecular formula is C18H23N3O5S. The lowest BCUT2D eigenvalue weighted by Crippen LogP contribution is -2.49. The van der Waals surface area contributed by atoms with E-state index in [0.29, 0.717) is 46.2 Å². The van der Waals surface area contributed by atoms with E-state index in [1.54, 1.807) is 18.7 Å². The monoisotopic (exact) mass is 393 g/mol. The fraction of sp³-hybridized carbons (Fsp3) is 0.556. The van der Waals surface area contributed by atoms with Crippen molar-refractivity contribution in [3.63, 3.8) is 0 Å². The molecule has 0 radical (unpaired) electrons. The van der Waals surface area contributed by atoms with Gasteiger partial charge in [-0.15, -0.1) is 11.3 Å². The molecule has 0 bridgehead atoms.